The van der Waals surface area contributed by atoms with Gasteiger partial charge in [0, 0.05) is 25.1 Å². The van der Waals surface area contributed by atoms with Crippen LogP contribution in [-0.2, 0) is 9.59 Å². The number of amides is 1. The van der Waals surface area contributed by atoms with Crippen LogP contribution >= 0.6 is 0 Å². The summed E-state index contributed by atoms with van der Waals surface area (Å²) >= 11 is 0. The number of ketones is 1. The van der Waals surface area contributed by atoms with Gasteiger partial charge in [-0.2, -0.15) is 0 Å². The lowest BCUT2D eigenvalue weighted by atomic mass is 9.96. The maximum atomic E-state index is 12.9. The van der Waals surface area contributed by atoms with Gasteiger partial charge in [-0.1, -0.05) is 0 Å². The molecule has 3 heterocycles. The summed E-state index contributed by atoms with van der Waals surface area (Å²) in [6.07, 6.45) is 5.40. The van der Waals surface area contributed by atoms with Crippen LogP contribution in [0.25, 0.3) is 5.76 Å². The molecule has 0 aromatic carbocycles. The van der Waals surface area contributed by atoms with E-state index in [9.17, 15) is 14.7 Å². The SMILES string of the molecule is Cc1ncc(C(O)=C2C(=O)C(=O)N(CCCN(C)C)[C@H]2c2ccncc2)c(C)n1. The highest BCUT2D eigenvalue weighted by molar-refractivity contribution is 6.46. The van der Waals surface area contributed by atoms with Crippen LogP contribution in [0.2, 0.25) is 0 Å². The van der Waals surface area contributed by atoms with Crippen molar-refractivity contribution in [3.63, 3.8) is 0 Å². The number of hydrogen-bond acceptors (Lipinski definition) is 7. The van der Waals surface area contributed by atoms with Crippen molar-refractivity contribution in [2.75, 3.05) is 27.2 Å². The third kappa shape index (κ3) is 4.17. The number of nitrogens with zero attached hydrogens (tertiary/aromatic N) is 5. The molecule has 8 heteroatoms. The van der Waals surface area contributed by atoms with Gasteiger partial charge in [0.2, 0.25) is 0 Å². The van der Waals surface area contributed by atoms with E-state index in [4.69, 9.17) is 0 Å². The molecule has 29 heavy (non-hydrogen) atoms. The number of carbonyl (C=O) groups is 2. The lowest BCUT2D eigenvalue weighted by Crippen LogP contribution is -2.32. The minimum atomic E-state index is -0.700. The van der Waals surface area contributed by atoms with Crippen LogP contribution in [0, 0.1) is 13.8 Å². The van der Waals surface area contributed by atoms with Crippen LogP contribution < -0.4 is 0 Å². The van der Waals surface area contributed by atoms with Crippen LogP contribution in [-0.4, -0.2) is 68.7 Å². The van der Waals surface area contributed by atoms with Crippen molar-refractivity contribution >= 4 is 17.4 Å². The highest BCUT2D eigenvalue weighted by Crippen LogP contribution is 2.39. The molecule has 0 bridgehead atoms. The van der Waals surface area contributed by atoms with Gasteiger partial charge in [0.25, 0.3) is 11.7 Å². The van der Waals surface area contributed by atoms with Crippen molar-refractivity contribution in [2.45, 2.75) is 26.3 Å². The zero-order valence-electron chi connectivity index (χ0n) is 17.1. The largest absolute Gasteiger partial charge is 0.507 e. The Kier molecular flexibility index (Phi) is 6.03. The van der Waals surface area contributed by atoms with Crippen LogP contribution in [0.4, 0.5) is 0 Å². The number of aliphatic hydroxyl groups excluding tert-OH is 1. The molecule has 0 aliphatic carbocycles. The first-order chi connectivity index (χ1) is 13.8. The Labute approximate surface area is 169 Å². The predicted octanol–water partition coefficient (Wildman–Crippen LogP) is 1.86. The molecule has 1 aliphatic heterocycles. The normalized spacial score (nSPS) is 18.7. The molecule has 0 unspecified atom stereocenters. The van der Waals surface area contributed by atoms with Gasteiger partial charge in [0.15, 0.2) is 0 Å². The third-order valence-electron chi connectivity index (χ3n) is 4.92. The number of aryl methyl sites for hydroxylation is 2. The van der Waals surface area contributed by atoms with Crippen molar-refractivity contribution < 1.29 is 14.7 Å². The molecule has 0 saturated carbocycles. The number of carbonyl (C=O) groups excluding carboxylic acids is 2. The Balaban J connectivity index is 2.10. The minimum absolute atomic E-state index is 0.0570. The molecule has 8 nitrogen and oxygen atoms in total. The average molecular weight is 395 g/mol. The van der Waals surface area contributed by atoms with Crippen LogP contribution in [0.15, 0.2) is 36.3 Å². The van der Waals surface area contributed by atoms with Gasteiger partial charge in [-0.25, -0.2) is 9.97 Å². The average Bonchev–Trinajstić information content (AvgIpc) is 2.93. The fraction of sp³-hybridized carbons (Fsp3) is 0.381. The summed E-state index contributed by atoms with van der Waals surface area (Å²) in [6.45, 7) is 4.66. The van der Waals surface area contributed by atoms with Crippen LogP contribution in [0.1, 0.15) is 35.1 Å². The molecule has 0 spiro atoms. The topological polar surface area (TPSA) is 99.5 Å². The molecule has 0 radical (unpaired) electrons. The van der Waals surface area contributed by atoms with Crippen LogP contribution in [0.5, 0.6) is 0 Å². The highest BCUT2D eigenvalue weighted by Gasteiger charge is 2.46. The zero-order chi connectivity index (χ0) is 21.1. The summed E-state index contributed by atoms with van der Waals surface area (Å²) in [5.74, 6) is -1.00. The van der Waals surface area contributed by atoms with Gasteiger partial charge in [-0.3, -0.25) is 14.6 Å². The summed E-state index contributed by atoms with van der Waals surface area (Å²) < 4.78 is 0. The quantitative estimate of drug-likeness (QED) is 0.453. The van der Waals surface area contributed by atoms with Gasteiger partial charge in [0.05, 0.1) is 22.9 Å². The van der Waals surface area contributed by atoms with Gasteiger partial charge in [0.1, 0.15) is 11.6 Å². The predicted molar refractivity (Wildman–Crippen MR) is 108 cm³/mol. The molecule has 3 rings (SSSR count). The molecule has 1 aliphatic rings. The number of rotatable bonds is 6. The van der Waals surface area contributed by atoms with Gasteiger partial charge in [-0.05, 0) is 58.6 Å². The molecule has 1 atom stereocenters. The molecule has 2 aromatic heterocycles. The van der Waals surface area contributed by atoms with E-state index in [0.29, 0.717) is 30.0 Å². The Bertz CT molecular complexity index is 956. The lowest BCUT2D eigenvalue weighted by Gasteiger charge is -2.25. The monoisotopic (exact) mass is 395 g/mol. The molecule has 1 saturated heterocycles. The lowest BCUT2D eigenvalue weighted by molar-refractivity contribution is -0.139. The number of likely N-dealkylation sites (tertiary alicyclic amines) is 1. The fourth-order valence-electron chi connectivity index (χ4n) is 3.52. The summed E-state index contributed by atoms with van der Waals surface area (Å²) in [6, 6.07) is 2.82. The molecule has 152 valence electrons. The maximum absolute atomic E-state index is 12.9. The maximum Gasteiger partial charge on any atom is 0.295 e. The van der Waals surface area contributed by atoms with E-state index in [2.05, 4.69) is 15.0 Å². The van der Waals surface area contributed by atoms with Crippen molar-refractivity contribution in [1.29, 1.82) is 0 Å². The van der Waals surface area contributed by atoms with Crippen molar-refractivity contribution in [3.05, 3.63) is 58.9 Å². The Morgan fingerprint density at radius 1 is 1.21 bits per heavy atom. The second kappa shape index (κ2) is 8.48. The first-order valence-corrected chi connectivity index (χ1v) is 9.45. The number of pyridine rings is 1. The molecule has 2 aromatic rings. The zero-order valence-corrected chi connectivity index (χ0v) is 17.1. The highest BCUT2D eigenvalue weighted by atomic mass is 16.3. The molecular formula is C21H25N5O3. The van der Waals surface area contributed by atoms with Gasteiger partial charge >= 0.3 is 0 Å². The molecule has 1 N–H and O–H groups in total. The molecular weight excluding hydrogens is 370 g/mol. The van der Waals surface area contributed by atoms with Crippen LogP contribution in [0.3, 0.4) is 0 Å². The smallest absolute Gasteiger partial charge is 0.295 e. The van der Waals surface area contributed by atoms with Crippen molar-refractivity contribution in [3.8, 4) is 0 Å². The van der Waals surface area contributed by atoms with E-state index in [-0.39, 0.29) is 11.3 Å². The second-order valence-electron chi connectivity index (χ2n) is 7.35. The first-order valence-electron chi connectivity index (χ1n) is 9.45. The third-order valence-corrected chi connectivity index (χ3v) is 4.92. The van der Waals surface area contributed by atoms with Crippen molar-refractivity contribution in [2.24, 2.45) is 0 Å². The Morgan fingerprint density at radius 2 is 1.90 bits per heavy atom. The molecule has 1 fully saturated rings. The standard InChI is InChI=1S/C21H25N5O3/c1-13-16(12-23-14(2)24-13)19(27)17-18(15-6-8-22-9-7-15)26(21(29)20(17)28)11-5-10-25(3)4/h6-9,12,18,27H,5,10-11H2,1-4H3/t18-/m0/s1. The van der Waals surface area contributed by atoms with E-state index in [0.717, 1.165) is 12.1 Å². The Morgan fingerprint density at radius 3 is 2.52 bits per heavy atom. The van der Waals surface area contributed by atoms with E-state index in [1.54, 1.807) is 38.4 Å². The second-order valence-corrected chi connectivity index (χ2v) is 7.35. The Hall–Kier alpha value is -3.13. The van der Waals surface area contributed by atoms with E-state index < -0.39 is 17.7 Å². The van der Waals surface area contributed by atoms with E-state index in [1.165, 1.54) is 11.1 Å². The summed E-state index contributed by atoms with van der Waals surface area (Å²) in [4.78, 5) is 41.7. The first kappa shape index (κ1) is 20.6. The molecule has 1 amide bonds. The minimum Gasteiger partial charge on any atom is -0.507 e. The number of Topliss-reactive ketones (excluding diaryl/α,β-unsaturated/α-hetero) is 1. The van der Waals surface area contributed by atoms with E-state index >= 15 is 0 Å². The van der Waals surface area contributed by atoms with E-state index in [1.807, 2.05) is 19.0 Å². The van der Waals surface area contributed by atoms with Gasteiger partial charge < -0.3 is 14.9 Å². The van der Waals surface area contributed by atoms with Gasteiger partial charge in [-0.15, -0.1) is 0 Å². The fourth-order valence-corrected chi connectivity index (χ4v) is 3.52. The summed E-state index contributed by atoms with van der Waals surface area (Å²) in [5, 5.41) is 11.0. The van der Waals surface area contributed by atoms with Crippen molar-refractivity contribution in [1.82, 2.24) is 24.8 Å². The number of hydrogen-bond donors (Lipinski definition) is 1. The summed E-state index contributed by atoms with van der Waals surface area (Å²) in [7, 11) is 3.91. The number of aliphatic hydroxyl groups is 1. The summed E-state index contributed by atoms with van der Waals surface area (Å²) in [5.41, 5.74) is 1.67. The number of aromatic nitrogens is 3.